The number of quaternary nitrogens is 1. The van der Waals surface area contributed by atoms with E-state index in [-0.39, 0.29) is 11.6 Å². The molecule has 0 bridgehead atoms. The van der Waals surface area contributed by atoms with Gasteiger partial charge in [0.05, 0.1) is 26.2 Å². The van der Waals surface area contributed by atoms with Crippen molar-refractivity contribution >= 4 is 17.4 Å². The number of carbonyl (C=O) groups is 1. The first-order valence-electron chi connectivity index (χ1n) is 11.0. The molecule has 3 rings (SSSR count). The van der Waals surface area contributed by atoms with Gasteiger partial charge in [0.2, 0.25) is 0 Å². The number of benzene rings is 2. The lowest BCUT2D eigenvalue weighted by atomic mass is 9.83. The number of ketones is 1. The number of carbonyl (C=O) groups excluding carboxylic acids is 1. The number of hydrogen-bond acceptors (Lipinski definition) is 2. The van der Waals surface area contributed by atoms with E-state index in [9.17, 15) is 14.3 Å². The Bertz CT molecular complexity index is 827. The van der Waals surface area contributed by atoms with Crippen molar-refractivity contribution in [2.45, 2.75) is 51.0 Å². The molecule has 0 atom stereocenters. The second-order valence-electron chi connectivity index (χ2n) is 8.66. The summed E-state index contributed by atoms with van der Waals surface area (Å²) in [5, 5.41) is 11.9. The third-order valence-electron chi connectivity index (χ3n) is 6.57. The minimum atomic E-state index is -0.803. The summed E-state index contributed by atoms with van der Waals surface area (Å²) in [5.41, 5.74) is 0.710. The van der Waals surface area contributed by atoms with Crippen molar-refractivity contribution in [3.8, 4) is 0 Å². The Balaban J connectivity index is 1.60. The van der Waals surface area contributed by atoms with Gasteiger partial charge in [0.1, 0.15) is 11.4 Å². The molecule has 0 radical (unpaired) electrons. The lowest BCUT2D eigenvalue weighted by Crippen LogP contribution is -2.57. The number of likely N-dealkylation sites (tertiary alicyclic amines) is 1. The highest BCUT2D eigenvalue weighted by Crippen LogP contribution is 2.36. The highest BCUT2D eigenvalue weighted by atomic mass is 35.5. The van der Waals surface area contributed by atoms with Crippen LogP contribution in [0.1, 0.15) is 61.4 Å². The van der Waals surface area contributed by atoms with Crippen molar-refractivity contribution in [2.75, 3.05) is 26.2 Å². The van der Waals surface area contributed by atoms with E-state index in [1.807, 2.05) is 24.3 Å². The fourth-order valence-electron chi connectivity index (χ4n) is 4.54. The zero-order valence-corrected chi connectivity index (χ0v) is 18.5. The largest absolute Gasteiger partial charge is 0.385 e. The molecule has 0 unspecified atom stereocenters. The Morgan fingerprint density at radius 1 is 1.03 bits per heavy atom. The highest BCUT2D eigenvalue weighted by Gasteiger charge is 2.41. The van der Waals surface area contributed by atoms with Crippen LogP contribution in [0.15, 0.2) is 48.5 Å². The van der Waals surface area contributed by atoms with Gasteiger partial charge in [-0.3, -0.25) is 4.79 Å². The van der Waals surface area contributed by atoms with Crippen LogP contribution in [0, 0.1) is 5.82 Å². The smallest absolute Gasteiger partial charge is 0.163 e. The molecule has 30 heavy (non-hydrogen) atoms. The van der Waals surface area contributed by atoms with Gasteiger partial charge in [-0.25, -0.2) is 4.39 Å². The number of unbranched alkanes of at least 4 members (excludes halogenated alkanes) is 1. The Hall–Kier alpha value is -1.75. The van der Waals surface area contributed by atoms with E-state index in [0.29, 0.717) is 29.8 Å². The molecule has 0 saturated carbocycles. The predicted molar refractivity (Wildman–Crippen MR) is 119 cm³/mol. The van der Waals surface area contributed by atoms with Crippen LogP contribution in [0.25, 0.3) is 0 Å². The maximum atomic E-state index is 13.1. The number of aliphatic hydroxyl groups is 1. The van der Waals surface area contributed by atoms with Crippen molar-refractivity contribution < 1.29 is 18.8 Å². The first-order valence-corrected chi connectivity index (χ1v) is 11.4. The first kappa shape index (κ1) is 22.9. The molecule has 0 amide bonds. The molecule has 1 fully saturated rings. The van der Waals surface area contributed by atoms with E-state index in [4.69, 9.17) is 11.6 Å². The average molecular weight is 433 g/mol. The fraction of sp³-hybridized carbons (Fsp3) is 0.480. The summed E-state index contributed by atoms with van der Waals surface area (Å²) < 4.78 is 14.0. The Labute approximate surface area is 184 Å². The van der Waals surface area contributed by atoms with Crippen LogP contribution < -0.4 is 0 Å². The van der Waals surface area contributed by atoms with Crippen LogP contribution >= 0.6 is 11.6 Å². The molecule has 2 aromatic rings. The molecule has 2 aromatic carbocycles. The SMILES string of the molecule is CCCC[N+]1(CCCC(=O)c2ccc(F)cc2)CCC(O)(c2ccc(Cl)cc2)CC1. The van der Waals surface area contributed by atoms with Crippen LogP contribution in [0.3, 0.4) is 0 Å². The van der Waals surface area contributed by atoms with Crippen molar-refractivity contribution in [3.63, 3.8) is 0 Å². The van der Waals surface area contributed by atoms with E-state index in [0.717, 1.165) is 55.5 Å². The number of hydrogen-bond donors (Lipinski definition) is 1. The van der Waals surface area contributed by atoms with Crippen LogP contribution in [0.2, 0.25) is 5.02 Å². The first-order chi connectivity index (χ1) is 14.4. The molecular weight excluding hydrogens is 401 g/mol. The Morgan fingerprint density at radius 3 is 2.23 bits per heavy atom. The number of piperidine rings is 1. The quantitative estimate of drug-likeness (QED) is 0.405. The third-order valence-corrected chi connectivity index (χ3v) is 6.82. The molecule has 0 aromatic heterocycles. The van der Waals surface area contributed by atoms with Crippen LogP contribution in [0.4, 0.5) is 4.39 Å². The van der Waals surface area contributed by atoms with Crippen molar-refractivity contribution in [1.29, 1.82) is 0 Å². The lowest BCUT2D eigenvalue weighted by Gasteiger charge is -2.47. The second kappa shape index (κ2) is 10.0. The summed E-state index contributed by atoms with van der Waals surface area (Å²) in [5.74, 6) is -0.254. The molecule has 5 heteroatoms. The van der Waals surface area contributed by atoms with Gasteiger partial charge in [0.25, 0.3) is 0 Å². The zero-order chi connectivity index (χ0) is 21.6. The maximum absolute atomic E-state index is 13.1. The van der Waals surface area contributed by atoms with Crippen molar-refractivity contribution in [3.05, 3.63) is 70.5 Å². The van der Waals surface area contributed by atoms with Gasteiger partial charge in [-0.15, -0.1) is 0 Å². The summed E-state index contributed by atoms with van der Waals surface area (Å²) >= 11 is 6.00. The van der Waals surface area contributed by atoms with Crippen LogP contribution in [-0.2, 0) is 5.60 Å². The zero-order valence-electron chi connectivity index (χ0n) is 17.7. The van der Waals surface area contributed by atoms with Crippen molar-refractivity contribution in [2.24, 2.45) is 0 Å². The minimum Gasteiger partial charge on any atom is -0.385 e. The number of halogens is 2. The Morgan fingerprint density at radius 2 is 1.63 bits per heavy atom. The van der Waals surface area contributed by atoms with Crippen LogP contribution in [-0.4, -0.2) is 41.6 Å². The summed E-state index contributed by atoms with van der Waals surface area (Å²) in [6.07, 6.45) is 4.98. The molecular formula is C25H32ClFNO2+. The average Bonchev–Trinajstić information content (AvgIpc) is 2.75. The highest BCUT2D eigenvalue weighted by molar-refractivity contribution is 6.30. The Kier molecular flexibility index (Phi) is 7.67. The third kappa shape index (κ3) is 5.69. The molecule has 1 aliphatic heterocycles. The lowest BCUT2D eigenvalue weighted by molar-refractivity contribution is -0.935. The predicted octanol–water partition coefficient (Wildman–Crippen LogP) is 5.74. The molecule has 0 aliphatic carbocycles. The van der Waals surface area contributed by atoms with Gasteiger partial charge in [-0.05, 0) is 48.4 Å². The van der Waals surface area contributed by atoms with Crippen molar-refractivity contribution in [1.82, 2.24) is 0 Å². The van der Waals surface area contributed by atoms with E-state index in [1.54, 1.807) is 12.1 Å². The minimum absolute atomic E-state index is 0.0679. The van der Waals surface area contributed by atoms with Gasteiger partial charge < -0.3 is 9.59 Å². The normalized spacial score (nSPS) is 24.0. The fourth-order valence-corrected chi connectivity index (χ4v) is 4.66. The van der Waals surface area contributed by atoms with E-state index < -0.39 is 5.60 Å². The number of Topliss-reactive ketones (excluding diaryl/α,β-unsaturated/α-hetero) is 1. The van der Waals surface area contributed by atoms with Gasteiger partial charge in [-0.2, -0.15) is 0 Å². The molecule has 1 aliphatic rings. The molecule has 1 N–H and O–H groups in total. The van der Waals surface area contributed by atoms with Gasteiger partial charge in [-0.1, -0.05) is 37.1 Å². The van der Waals surface area contributed by atoms with E-state index in [2.05, 4.69) is 6.92 Å². The van der Waals surface area contributed by atoms with Gasteiger partial charge >= 0.3 is 0 Å². The topological polar surface area (TPSA) is 37.3 Å². The molecule has 1 saturated heterocycles. The van der Waals surface area contributed by atoms with Crippen LogP contribution in [0.5, 0.6) is 0 Å². The van der Waals surface area contributed by atoms with E-state index in [1.165, 1.54) is 12.1 Å². The van der Waals surface area contributed by atoms with Gasteiger partial charge in [0, 0.05) is 36.3 Å². The number of nitrogens with zero attached hydrogens (tertiary/aromatic N) is 1. The van der Waals surface area contributed by atoms with Gasteiger partial charge in [0.15, 0.2) is 5.78 Å². The molecule has 162 valence electrons. The molecule has 0 spiro atoms. The summed E-state index contributed by atoms with van der Waals surface area (Å²) in [7, 11) is 0. The number of rotatable bonds is 9. The summed E-state index contributed by atoms with van der Waals surface area (Å²) in [6, 6.07) is 13.3. The standard InChI is InChI=1S/C25H32ClFNO2/c1-2-3-16-28(17-4-5-24(29)20-6-12-23(27)13-7-20)18-14-25(30,15-19-28)21-8-10-22(26)11-9-21/h6-13,30H,2-5,14-19H2,1H3/q+1. The van der Waals surface area contributed by atoms with E-state index >= 15 is 0 Å². The molecule has 3 nitrogen and oxygen atoms in total. The maximum Gasteiger partial charge on any atom is 0.163 e. The summed E-state index contributed by atoms with van der Waals surface area (Å²) in [6.45, 7) is 6.03. The monoisotopic (exact) mass is 432 g/mol. The summed E-state index contributed by atoms with van der Waals surface area (Å²) in [4.78, 5) is 12.5. The second-order valence-corrected chi connectivity index (χ2v) is 9.10. The molecule has 1 heterocycles.